The number of carbonyl (C=O) groups excluding carboxylic acids is 2. The third-order valence-electron chi connectivity index (χ3n) is 2.65. The molecular weight excluding hydrogens is 318 g/mol. The quantitative estimate of drug-likeness (QED) is 0.466. The second kappa shape index (κ2) is 8.04. The van der Waals surface area contributed by atoms with Crippen molar-refractivity contribution in [1.82, 2.24) is 15.2 Å². The van der Waals surface area contributed by atoms with Gasteiger partial charge in [-0.2, -0.15) is 5.10 Å². The molecular formula is C15H13N3O4S. The van der Waals surface area contributed by atoms with Crippen LogP contribution in [0.15, 0.2) is 52.7 Å². The standard InChI is InChI=1S/C15H13N3O4S/c1-21-13(19)8-12(14(20)22-2)23-15-17-11(9-16-18-15)10-6-4-3-5-7-10/h3-9H,1-2H3/b12-8-. The minimum Gasteiger partial charge on any atom is -0.466 e. The maximum atomic E-state index is 11.7. The van der Waals surface area contributed by atoms with E-state index in [-0.39, 0.29) is 10.1 Å². The van der Waals surface area contributed by atoms with Crippen molar-refractivity contribution in [3.63, 3.8) is 0 Å². The summed E-state index contributed by atoms with van der Waals surface area (Å²) < 4.78 is 9.15. The minimum absolute atomic E-state index is 0.00589. The molecule has 0 fully saturated rings. The molecule has 0 aliphatic heterocycles. The molecule has 0 unspecified atom stereocenters. The van der Waals surface area contributed by atoms with E-state index in [1.807, 2.05) is 30.3 Å². The smallest absolute Gasteiger partial charge is 0.345 e. The highest BCUT2D eigenvalue weighted by atomic mass is 32.2. The summed E-state index contributed by atoms with van der Waals surface area (Å²) in [4.78, 5) is 27.4. The zero-order valence-corrected chi connectivity index (χ0v) is 13.2. The van der Waals surface area contributed by atoms with E-state index in [0.717, 1.165) is 23.4 Å². The third kappa shape index (κ3) is 4.62. The largest absolute Gasteiger partial charge is 0.466 e. The molecule has 0 saturated heterocycles. The Kier molecular flexibility index (Phi) is 5.81. The van der Waals surface area contributed by atoms with Crippen LogP contribution >= 0.6 is 11.8 Å². The minimum atomic E-state index is -0.686. The van der Waals surface area contributed by atoms with Crippen LogP contribution < -0.4 is 0 Å². The Balaban J connectivity index is 2.29. The monoisotopic (exact) mass is 331 g/mol. The van der Waals surface area contributed by atoms with E-state index in [1.54, 1.807) is 0 Å². The Morgan fingerprint density at radius 1 is 1.13 bits per heavy atom. The fourth-order valence-electron chi connectivity index (χ4n) is 1.57. The molecule has 0 atom stereocenters. The van der Waals surface area contributed by atoms with Gasteiger partial charge in [-0.25, -0.2) is 14.6 Å². The number of ether oxygens (including phenoxy) is 2. The maximum Gasteiger partial charge on any atom is 0.345 e. The molecule has 7 nitrogen and oxygen atoms in total. The summed E-state index contributed by atoms with van der Waals surface area (Å²) in [6.07, 6.45) is 2.54. The van der Waals surface area contributed by atoms with Crippen molar-refractivity contribution in [3.8, 4) is 11.3 Å². The number of aromatic nitrogens is 3. The fraction of sp³-hybridized carbons (Fsp3) is 0.133. The van der Waals surface area contributed by atoms with Crippen molar-refractivity contribution >= 4 is 23.7 Å². The molecule has 0 aliphatic rings. The molecule has 0 saturated carbocycles. The first-order chi connectivity index (χ1) is 11.1. The number of esters is 2. The first-order valence-corrected chi connectivity index (χ1v) is 7.26. The van der Waals surface area contributed by atoms with Crippen LogP contribution in [0.25, 0.3) is 11.3 Å². The van der Waals surface area contributed by atoms with Crippen LogP contribution in [0.1, 0.15) is 0 Å². The average Bonchev–Trinajstić information content (AvgIpc) is 2.61. The summed E-state index contributed by atoms with van der Waals surface area (Å²) in [6.45, 7) is 0. The van der Waals surface area contributed by atoms with Gasteiger partial charge < -0.3 is 9.47 Å². The van der Waals surface area contributed by atoms with E-state index in [4.69, 9.17) is 0 Å². The van der Waals surface area contributed by atoms with Crippen molar-refractivity contribution in [2.75, 3.05) is 14.2 Å². The molecule has 0 bridgehead atoms. The zero-order valence-electron chi connectivity index (χ0n) is 12.4. The molecule has 0 N–H and O–H groups in total. The van der Waals surface area contributed by atoms with E-state index >= 15 is 0 Å². The van der Waals surface area contributed by atoms with Crippen LogP contribution in [0.2, 0.25) is 0 Å². The van der Waals surface area contributed by atoms with Gasteiger partial charge in [0.05, 0.1) is 26.1 Å². The Bertz CT molecular complexity index is 735. The molecule has 2 rings (SSSR count). The Morgan fingerprint density at radius 3 is 2.52 bits per heavy atom. The first-order valence-electron chi connectivity index (χ1n) is 6.45. The van der Waals surface area contributed by atoms with Crippen molar-refractivity contribution < 1.29 is 19.1 Å². The summed E-state index contributed by atoms with van der Waals surface area (Å²) in [7, 11) is 2.43. The zero-order chi connectivity index (χ0) is 16.7. The number of carbonyl (C=O) groups is 2. The highest BCUT2D eigenvalue weighted by molar-refractivity contribution is 8.03. The number of hydrogen-bond donors (Lipinski definition) is 0. The van der Waals surface area contributed by atoms with Gasteiger partial charge in [0.1, 0.15) is 4.91 Å². The van der Waals surface area contributed by atoms with E-state index in [0.29, 0.717) is 5.69 Å². The maximum absolute atomic E-state index is 11.7. The summed E-state index contributed by atoms with van der Waals surface area (Å²) >= 11 is 0.875. The lowest BCUT2D eigenvalue weighted by Crippen LogP contribution is -2.07. The summed E-state index contributed by atoms with van der Waals surface area (Å²) in [5.41, 5.74) is 1.46. The molecule has 1 aromatic heterocycles. The van der Waals surface area contributed by atoms with Crippen molar-refractivity contribution in [2.24, 2.45) is 0 Å². The van der Waals surface area contributed by atoms with Crippen LogP contribution in [0.4, 0.5) is 0 Å². The van der Waals surface area contributed by atoms with Crippen molar-refractivity contribution in [3.05, 3.63) is 47.5 Å². The van der Waals surface area contributed by atoms with E-state index in [9.17, 15) is 9.59 Å². The number of hydrogen-bond acceptors (Lipinski definition) is 8. The average molecular weight is 331 g/mol. The van der Waals surface area contributed by atoms with Gasteiger partial charge in [-0.05, 0) is 11.8 Å². The molecule has 118 valence electrons. The first kappa shape index (κ1) is 16.6. The summed E-state index contributed by atoms with van der Waals surface area (Å²) in [5.74, 6) is -1.36. The number of methoxy groups -OCH3 is 2. The number of rotatable bonds is 5. The van der Waals surface area contributed by atoms with E-state index < -0.39 is 11.9 Å². The van der Waals surface area contributed by atoms with Crippen molar-refractivity contribution in [2.45, 2.75) is 5.16 Å². The molecule has 0 aliphatic carbocycles. The second-order valence-electron chi connectivity index (χ2n) is 4.12. The van der Waals surface area contributed by atoms with Crippen LogP contribution in [0.3, 0.4) is 0 Å². The topological polar surface area (TPSA) is 91.3 Å². The predicted octanol–water partition coefficient (Wildman–Crippen LogP) is 1.86. The van der Waals surface area contributed by atoms with Crippen molar-refractivity contribution in [1.29, 1.82) is 0 Å². The normalized spacial score (nSPS) is 11.0. The van der Waals surface area contributed by atoms with Crippen LogP contribution in [0.5, 0.6) is 0 Å². The lowest BCUT2D eigenvalue weighted by Gasteiger charge is -2.05. The van der Waals surface area contributed by atoms with Gasteiger partial charge in [-0.15, -0.1) is 5.10 Å². The second-order valence-corrected chi connectivity index (χ2v) is 5.12. The third-order valence-corrected chi connectivity index (χ3v) is 3.51. The molecule has 2 aromatic rings. The molecule has 1 aromatic carbocycles. The molecule has 8 heteroatoms. The van der Waals surface area contributed by atoms with Crippen LogP contribution in [0, 0.1) is 0 Å². The molecule has 0 amide bonds. The van der Waals surface area contributed by atoms with Gasteiger partial charge in [0.2, 0.25) is 5.16 Å². The Hall–Kier alpha value is -2.74. The SMILES string of the molecule is COC(=O)/C=C(\Sc1nncc(-c2ccccc2)n1)C(=O)OC. The van der Waals surface area contributed by atoms with Gasteiger partial charge >= 0.3 is 11.9 Å². The molecule has 23 heavy (non-hydrogen) atoms. The Morgan fingerprint density at radius 2 is 1.87 bits per heavy atom. The highest BCUT2D eigenvalue weighted by Crippen LogP contribution is 2.25. The number of thioether (sulfide) groups is 1. The van der Waals surface area contributed by atoms with Gasteiger partial charge in [0.15, 0.2) is 0 Å². The van der Waals surface area contributed by atoms with Gasteiger partial charge in [-0.3, -0.25) is 0 Å². The Labute approximate surface area is 136 Å². The lowest BCUT2D eigenvalue weighted by molar-refractivity contribution is -0.137. The predicted molar refractivity (Wildman–Crippen MR) is 83.2 cm³/mol. The summed E-state index contributed by atoms with van der Waals surface area (Å²) in [6, 6.07) is 9.40. The molecule has 0 spiro atoms. The molecule has 1 heterocycles. The van der Waals surface area contributed by atoms with Crippen LogP contribution in [-0.4, -0.2) is 41.3 Å². The number of nitrogens with zero attached hydrogens (tertiary/aromatic N) is 3. The molecule has 0 radical (unpaired) electrons. The van der Waals surface area contributed by atoms with E-state index in [1.165, 1.54) is 20.4 Å². The fourth-order valence-corrected chi connectivity index (χ4v) is 2.32. The number of benzene rings is 1. The van der Waals surface area contributed by atoms with Gasteiger partial charge in [0.25, 0.3) is 0 Å². The van der Waals surface area contributed by atoms with Gasteiger partial charge in [-0.1, -0.05) is 30.3 Å². The van der Waals surface area contributed by atoms with Crippen LogP contribution in [-0.2, 0) is 19.1 Å². The lowest BCUT2D eigenvalue weighted by atomic mass is 10.2. The highest BCUT2D eigenvalue weighted by Gasteiger charge is 2.16. The van der Waals surface area contributed by atoms with E-state index in [2.05, 4.69) is 24.7 Å². The summed E-state index contributed by atoms with van der Waals surface area (Å²) in [5, 5.41) is 7.94. The van der Waals surface area contributed by atoms with Gasteiger partial charge in [0, 0.05) is 11.6 Å².